The van der Waals surface area contributed by atoms with Crippen molar-refractivity contribution in [2.75, 3.05) is 6.61 Å². The van der Waals surface area contributed by atoms with Crippen LogP contribution in [0.4, 0.5) is 0 Å². The van der Waals surface area contributed by atoms with Crippen LogP contribution in [0.5, 0.6) is 0 Å². The van der Waals surface area contributed by atoms with E-state index in [-0.39, 0.29) is 0 Å². The van der Waals surface area contributed by atoms with Crippen molar-refractivity contribution in [3.8, 4) is 0 Å². The van der Waals surface area contributed by atoms with Crippen LogP contribution in [-0.2, 0) is 11.3 Å². The predicted octanol–water partition coefficient (Wildman–Crippen LogP) is 3.50. The van der Waals surface area contributed by atoms with Crippen LogP contribution in [-0.4, -0.2) is 6.61 Å². The SMILES string of the molecule is C/C(Br)=C\COCc1ccccc1. The molecular weight excluding hydrogens is 228 g/mol. The van der Waals surface area contributed by atoms with Crippen LogP contribution in [0.25, 0.3) is 0 Å². The van der Waals surface area contributed by atoms with Gasteiger partial charge in [-0.1, -0.05) is 46.3 Å². The van der Waals surface area contributed by atoms with Gasteiger partial charge in [0.05, 0.1) is 13.2 Å². The van der Waals surface area contributed by atoms with Gasteiger partial charge in [-0.3, -0.25) is 0 Å². The number of allylic oxidation sites excluding steroid dienone is 1. The van der Waals surface area contributed by atoms with Crippen molar-refractivity contribution >= 4 is 15.9 Å². The fourth-order valence-electron chi connectivity index (χ4n) is 0.925. The standard InChI is InChI=1S/C11H13BrO/c1-10(12)7-8-13-9-11-5-3-2-4-6-11/h2-7H,8-9H2,1H3/b10-7+. The lowest BCUT2D eigenvalue weighted by molar-refractivity contribution is 0.148. The Morgan fingerprint density at radius 1 is 1.38 bits per heavy atom. The minimum atomic E-state index is 0.659. The summed E-state index contributed by atoms with van der Waals surface area (Å²) < 4.78 is 6.54. The summed E-state index contributed by atoms with van der Waals surface area (Å²) in [7, 11) is 0. The van der Waals surface area contributed by atoms with E-state index in [9.17, 15) is 0 Å². The lowest BCUT2D eigenvalue weighted by Crippen LogP contribution is -1.92. The van der Waals surface area contributed by atoms with Crippen molar-refractivity contribution in [1.29, 1.82) is 0 Å². The van der Waals surface area contributed by atoms with E-state index in [2.05, 4.69) is 28.1 Å². The van der Waals surface area contributed by atoms with E-state index >= 15 is 0 Å². The Bertz CT molecular complexity index is 263. The van der Waals surface area contributed by atoms with Gasteiger partial charge in [-0.15, -0.1) is 0 Å². The average Bonchev–Trinajstić information content (AvgIpc) is 2.14. The molecule has 0 aliphatic rings. The van der Waals surface area contributed by atoms with Gasteiger partial charge >= 0.3 is 0 Å². The Labute approximate surface area is 87.5 Å². The van der Waals surface area contributed by atoms with E-state index in [1.54, 1.807) is 0 Å². The van der Waals surface area contributed by atoms with Gasteiger partial charge in [0.25, 0.3) is 0 Å². The molecule has 1 aromatic rings. The summed E-state index contributed by atoms with van der Waals surface area (Å²) in [6.45, 7) is 3.33. The molecular formula is C11H13BrO. The summed E-state index contributed by atoms with van der Waals surface area (Å²) in [5.74, 6) is 0. The molecule has 13 heavy (non-hydrogen) atoms. The Balaban J connectivity index is 2.25. The maximum absolute atomic E-state index is 5.42. The molecule has 0 unspecified atom stereocenters. The van der Waals surface area contributed by atoms with Crippen LogP contribution in [0.3, 0.4) is 0 Å². The second-order valence-electron chi connectivity index (χ2n) is 2.79. The summed E-state index contributed by atoms with van der Waals surface area (Å²) >= 11 is 3.34. The fraction of sp³-hybridized carbons (Fsp3) is 0.273. The molecule has 0 heterocycles. The molecule has 0 fully saturated rings. The van der Waals surface area contributed by atoms with Crippen LogP contribution < -0.4 is 0 Å². The molecule has 0 aliphatic carbocycles. The Morgan fingerprint density at radius 2 is 2.08 bits per heavy atom. The molecule has 0 atom stereocenters. The third kappa shape index (κ3) is 4.86. The second-order valence-corrected chi connectivity index (χ2v) is 4.04. The van der Waals surface area contributed by atoms with Crippen molar-refractivity contribution < 1.29 is 4.74 Å². The van der Waals surface area contributed by atoms with E-state index in [1.165, 1.54) is 5.56 Å². The molecule has 2 heteroatoms. The molecule has 0 bridgehead atoms. The highest BCUT2D eigenvalue weighted by Crippen LogP contribution is 2.03. The number of benzene rings is 1. The van der Waals surface area contributed by atoms with Crippen LogP contribution in [0.2, 0.25) is 0 Å². The van der Waals surface area contributed by atoms with E-state index in [0.29, 0.717) is 13.2 Å². The van der Waals surface area contributed by atoms with Crippen molar-refractivity contribution in [3.63, 3.8) is 0 Å². The third-order valence-electron chi connectivity index (χ3n) is 1.59. The lowest BCUT2D eigenvalue weighted by atomic mass is 10.2. The average molecular weight is 241 g/mol. The summed E-state index contributed by atoms with van der Waals surface area (Å²) in [6.07, 6.45) is 2.00. The first-order chi connectivity index (χ1) is 6.29. The Kier molecular flexibility index (Phi) is 4.79. The van der Waals surface area contributed by atoms with Crippen molar-refractivity contribution in [3.05, 3.63) is 46.5 Å². The number of ether oxygens (including phenoxy) is 1. The highest BCUT2D eigenvalue weighted by atomic mass is 79.9. The highest BCUT2D eigenvalue weighted by Gasteiger charge is 1.89. The van der Waals surface area contributed by atoms with E-state index in [0.717, 1.165) is 4.48 Å². The molecule has 0 spiro atoms. The zero-order valence-electron chi connectivity index (χ0n) is 7.66. The monoisotopic (exact) mass is 240 g/mol. The molecule has 0 aliphatic heterocycles. The summed E-state index contributed by atoms with van der Waals surface area (Å²) in [4.78, 5) is 0. The maximum Gasteiger partial charge on any atom is 0.0721 e. The first-order valence-electron chi connectivity index (χ1n) is 4.23. The second kappa shape index (κ2) is 5.95. The molecule has 1 aromatic carbocycles. The highest BCUT2D eigenvalue weighted by molar-refractivity contribution is 9.11. The zero-order chi connectivity index (χ0) is 9.52. The van der Waals surface area contributed by atoms with Crippen molar-refractivity contribution in [2.45, 2.75) is 13.5 Å². The van der Waals surface area contributed by atoms with Gasteiger partial charge in [-0.25, -0.2) is 0 Å². The van der Waals surface area contributed by atoms with Crippen molar-refractivity contribution in [2.24, 2.45) is 0 Å². The van der Waals surface area contributed by atoms with Crippen LogP contribution in [0.1, 0.15) is 12.5 Å². The molecule has 0 saturated heterocycles. The summed E-state index contributed by atoms with van der Waals surface area (Å²) in [5, 5.41) is 0. The number of hydrogen-bond acceptors (Lipinski definition) is 1. The van der Waals surface area contributed by atoms with E-state index in [4.69, 9.17) is 4.74 Å². The smallest absolute Gasteiger partial charge is 0.0721 e. The maximum atomic E-state index is 5.42. The number of rotatable bonds is 4. The summed E-state index contributed by atoms with van der Waals surface area (Å²) in [6, 6.07) is 10.2. The van der Waals surface area contributed by atoms with Crippen LogP contribution in [0.15, 0.2) is 40.9 Å². The third-order valence-corrected chi connectivity index (χ3v) is 1.92. The lowest BCUT2D eigenvalue weighted by Gasteiger charge is -2.00. The minimum absolute atomic E-state index is 0.659. The van der Waals surface area contributed by atoms with Gasteiger partial charge in [0.1, 0.15) is 0 Å². The fourth-order valence-corrected chi connectivity index (χ4v) is 1.06. The molecule has 0 saturated carbocycles. The van der Waals surface area contributed by atoms with Crippen molar-refractivity contribution in [1.82, 2.24) is 0 Å². The van der Waals surface area contributed by atoms with Gasteiger partial charge in [-0.2, -0.15) is 0 Å². The Morgan fingerprint density at radius 3 is 2.69 bits per heavy atom. The normalized spacial score (nSPS) is 11.7. The first-order valence-corrected chi connectivity index (χ1v) is 5.02. The number of hydrogen-bond donors (Lipinski definition) is 0. The molecule has 0 radical (unpaired) electrons. The Hall–Kier alpha value is -0.600. The minimum Gasteiger partial charge on any atom is -0.373 e. The molecule has 70 valence electrons. The molecule has 1 nitrogen and oxygen atoms in total. The molecule has 0 amide bonds. The largest absolute Gasteiger partial charge is 0.373 e. The van der Waals surface area contributed by atoms with E-state index in [1.807, 2.05) is 31.2 Å². The van der Waals surface area contributed by atoms with E-state index < -0.39 is 0 Å². The first kappa shape index (κ1) is 10.5. The van der Waals surface area contributed by atoms with Gasteiger partial charge in [0.15, 0.2) is 0 Å². The van der Waals surface area contributed by atoms with Crippen LogP contribution >= 0.6 is 15.9 Å². The van der Waals surface area contributed by atoms with Gasteiger partial charge in [0.2, 0.25) is 0 Å². The molecule has 1 rings (SSSR count). The van der Waals surface area contributed by atoms with Crippen LogP contribution in [0, 0.1) is 0 Å². The zero-order valence-corrected chi connectivity index (χ0v) is 9.25. The summed E-state index contributed by atoms with van der Waals surface area (Å²) in [5.41, 5.74) is 1.21. The van der Waals surface area contributed by atoms with Gasteiger partial charge in [-0.05, 0) is 23.0 Å². The van der Waals surface area contributed by atoms with Gasteiger partial charge < -0.3 is 4.74 Å². The quantitative estimate of drug-likeness (QED) is 0.733. The topological polar surface area (TPSA) is 9.23 Å². The van der Waals surface area contributed by atoms with Gasteiger partial charge in [0, 0.05) is 0 Å². The number of halogens is 1. The predicted molar refractivity (Wildman–Crippen MR) is 58.8 cm³/mol. The molecule has 0 aromatic heterocycles. The molecule has 0 N–H and O–H groups in total.